The Morgan fingerprint density at radius 1 is 1.22 bits per heavy atom. The highest BCUT2D eigenvalue weighted by atomic mass is 15.2. The van der Waals surface area contributed by atoms with Crippen molar-refractivity contribution in [1.29, 1.82) is 0 Å². The minimum Gasteiger partial charge on any atom is -0.385 e. The molecule has 2 rings (SSSR count). The molecule has 96 valence electrons. The van der Waals surface area contributed by atoms with Crippen molar-refractivity contribution in [3.63, 3.8) is 0 Å². The largest absolute Gasteiger partial charge is 0.385 e. The number of nitrogens with one attached hydrogen (secondary N) is 1. The molecule has 2 aromatic rings. The molecule has 0 fully saturated rings. The summed E-state index contributed by atoms with van der Waals surface area (Å²) in [4.78, 5) is 0. The maximum absolute atomic E-state index is 4.09. The molecule has 1 aromatic carbocycles. The van der Waals surface area contributed by atoms with Crippen LogP contribution in [0.2, 0.25) is 0 Å². The van der Waals surface area contributed by atoms with Crippen molar-refractivity contribution < 1.29 is 0 Å². The molecule has 4 nitrogen and oxygen atoms in total. The average Bonchev–Trinajstić information content (AvgIpc) is 2.76. The molecule has 0 spiro atoms. The lowest BCUT2D eigenvalue weighted by molar-refractivity contribution is 0.607. The van der Waals surface area contributed by atoms with Gasteiger partial charge in [0.1, 0.15) is 6.33 Å². The lowest BCUT2D eigenvalue weighted by Gasteiger charge is -2.09. The number of hydrogen-bond donors (Lipinski definition) is 1. The molecule has 1 heterocycles. The number of aromatic nitrogens is 3. The molecule has 0 aliphatic carbocycles. The van der Waals surface area contributed by atoms with Gasteiger partial charge in [0.05, 0.1) is 0 Å². The summed E-state index contributed by atoms with van der Waals surface area (Å²) in [5.74, 6) is 1.62. The van der Waals surface area contributed by atoms with Crippen molar-refractivity contribution in [2.75, 3.05) is 11.9 Å². The SMILES string of the molecule is CC(C)CCNc1ccc(-c2nncn2C)cc1. The van der Waals surface area contributed by atoms with Gasteiger partial charge in [-0.2, -0.15) is 0 Å². The molecule has 0 radical (unpaired) electrons. The van der Waals surface area contributed by atoms with Gasteiger partial charge in [-0.1, -0.05) is 13.8 Å². The predicted molar refractivity (Wildman–Crippen MR) is 74.4 cm³/mol. The van der Waals surface area contributed by atoms with Crippen molar-refractivity contribution in [1.82, 2.24) is 14.8 Å². The van der Waals surface area contributed by atoms with E-state index in [1.54, 1.807) is 6.33 Å². The molecule has 0 bridgehead atoms. The lowest BCUT2D eigenvalue weighted by Crippen LogP contribution is -2.04. The van der Waals surface area contributed by atoms with Crippen LogP contribution in [0.4, 0.5) is 5.69 Å². The van der Waals surface area contributed by atoms with E-state index in [-0.39, 0.29) is 0 Å². The third-order valence-corrected chi connectivity index (χ3v) is 2.91. The molecule has 1 aromatic heterocycles. The minimum atomic E-state index is 0.732. The van der Waals surface area contributed by atoms with Crippen LogP contribution in [-0.4, -0.2) is 21.3 Å². The highest BCUT2D eigenvalue weighted by molar-refractivity contribution is 5.59. The summed E-state index contributed by atoms with van der Waals surface area (Å²) < 4.78 is 1.92. The zero-order chi connectivity index (χ0) is 13.0. The zero-order valence-electron chi connectivity index (χ0n) is 11.2. The smallest absolute Gasteiger partial charge is 0.163 e. The van der Waals surface area contributed by atoms with Crippen LogP contribution in [-0.2, 0) is 7.05 Å². The Bertz CT molecular complexity index is 485. The number of aryl methyl sites for hydroxylation is 1. The summed E-state index contributed by atoms with van der Waals surface area (Å²) in [6.07, 6.45) is 2.90. The van der Waals surface area contributed by atoms with Gasteiger partial charge in [0.25, 0.3) is 0 Å². The molecular weight excluding hydrogens is 224 g/mol. The van der Waals surface area contributed by atoms with E-state index in [4.69, 9.17) is 0 Å². The first-order chi connectivity index (χ1) is 8.66. The first kappa shape index (κ1) is 12.6. The highest BCUT2D eigenvalue weighted by Crippen LogP contribution is 2.18. The van der Waals surface area contributed by atoms with Crippen LogP contribution in [0.5, 0.6) is 0 Å². The Morgan fingerprint density at radius 3 is 2.50 bits per heavy atom. The molecule has 1 N–H and O–H groups in total. The second-order valence-electron chi connectivity index (χ2n) is 4.95. The number of anilines is 1. The van der Waals surface area contributed by atoms with Crippen LogP contribution in [0.25, 0.3) is 11.4 Å². The Hall–Kier alpha value is -1.84. The molecule has 4 heteroatoms. The maximum Gasteiger partial charge on any atom is 0.163 e. The molecule has 0 saturated carbocycles. The van der Waals surface area contributed by atoms with Crippen molar-refractivity contribution in [2.45, 2.75) is 20.3 Å². The van der Waals surface area contributed by atoms with Gasteiger partial charge in [-0.3, -0.25) is 0 Å². The lowest BCUT2D eigenvalue weighted by atomic mass is 10.1. The number of benzene rings is 1. The van der Waals surface area contributed by atoms with Gasteiger partial charge in [-0.15, -0.1) is 10.2 Å². The number of nitrogens with zero attached hydrogens (tertiary/aromatic N) is 3. The number of hydrogen-bond acceptors (Lipinski definition) is 3. The van der Waals surface area contributed by atoms with Crippen LogP contribution in [0, 0.1) is 5.92 Å². The fourth-order valence-corrected chi connectivity index (χ4v) is 1.79. The third-order valence-electron chi connectivity index (χ3n) is 2.91. The topological polar surface area (TPSA) is 42.7 Å². The van der Waals surface area contributed by atoms with Crippen LogP contribution >= 0.6 is 0 Å². The van der Waals surface area contributed by atoms with Gasteiger partial charge < -0.3 is 9.88 Å². The van der Waals surface area contributed by atoms with Gasteiger partial charge in [0.15, 0.2) is 5.82 Å². The molecule has 0 aliphatic heterocycles. The van der Waals surface area contributed by atoms with Gasteiger partial charge in [0.2, 0.25) is 0 Å². The zero-order valence-corrected chi connectivity index (χ0v) is 11.2. The summed E-state index contributed by atoms with van der Waals surface area (Å²) in [6.45, 7) is 5.48. The third kappa shape index (κ3) is 3.09. The second kappa shape index (κ2) is 5.67. The first-order valence-electron chi connectivity index (χ1n) is 6.35. The van der Waals surface area contributed by atoms with E-state index in [0.29, 0.717) is 0 Å². The fourth-order valence-electron chi connectivity index (χ4n) is 1.79. The molecule has 0 saturated heterocycles. The Morgan fingerprint density at radius 2 is 1.94 bits per heavy atom. The normalized spacial score (nSPS) is 10.9. The summed E-state index contributed by atoms with van der Waals surface area (Å²) in [5.41, 5.74) is 2.24. The number of rotatable bonds is 5. The quantitative estimate of drug-likeness (QED) is 0.879. The van der Waals surface area contributed by atoms with E-state index in [1.165, 1.54) is 6.42 Å². The van der Waals surface area contributed by atoms with Gasteiger partial charge in [-0.05, 0) is 36.6 Å². The summed E-state index contributed by atoms with van der Waals surface area (Å²) in [5, 5.41) is 11.4. The van der Waals surface area contributed by atoms with Crippen LogP contribution in [0.15, 0.2) is 30.6 Å². The van der Waals surface area contributed by atoms with E-state index < -0.39 is 0 Å². The van der Waals surface area contributed by atoms with Gasteiger partial charge in [-0.25, -0.2) is 0 Å². The molecule has 0 aliphatic rings. The monoisotopic (exact) mass is 244 g/mol. The van der Waals surface area contributed by atoms with Crippen LogP contribution < -0.4 is 5.32 Å². The van der Waals surface area contributed by atoms with Crippen molar-refractivity contribution in [3.05, 3.63) is 30.6 Å². The predicted octanol–water partition coefficient (Wildman–Crippen LogP) is 2.94. The molecule has 0 atom stereocenters. The van der Waals surface area contributed by atoms with E-state index in [0.717, 1.165) is 29.5 Å². The van der Waals surface area contributed by atoms with E-state index >= 15 is 0 Å². The van der Waals surface area contributed by atoms with Crippen molar-refractivity contribution >= 4 is 5.69 Å². The Labute approximate surface area is 108 Å². The average molecular weight is 244 g/mol. The van der Waals surface area contributed by atoms with Crippen LogP contribution in [0.1, 0.15) is 20.3 Å². The van der Waals surface area contributed by atoms with E-state index in [9.17, 15) is 0 Å². The summed E-state index contributed by atoms with van der Waals surface area (Å²) >= 11 is 0. The van der Waals surface area contributed by atoms with E-state index in [2.05, 4.69) is 53.6 Å². The van der Waals surface area contributed by atoms with Gasteiger partial charge >= 0.3 is 0 Å². The molecule has 0 amide bonds. The van der Waals surface area contributed by atoms with Gasteiger partial charge in [0, 0.05) is 24.8 Å². The summed E-state index contributed by atoms with van der Waals surface area (Å²) in [6, 6.07) is 8.32. The molecule has 0 unspecified atom stereocenters. The fraction of sp³-hybridized carbons (Fsp3) is 0.429. The summed E-state index contributed by atoms with van der Waals surface area (Å²) in [7, 11) is 1.95. The molecular formula is C14H20N4. The maximum atomic E-state index is 4.09. The van der Waals surface area contributed by atoms with Crippen molar-refractivity contribution in [2.24, 2.45) is 13.0 Å². The minimum absolute atomic E-state index is 0.732. The standard InChI is InChI=1S/C14H20N4/c1-11(2)8-9-15-13-6-4-12(5-7-13)14-17-16-10-18(14)3/h4-7,10-11,15H,8-9H2,1-3H3. The van der Waals surface area contributed by atoms with Crippen LogP contribution in [0.3, 0.4) is 0 Å². The Kier molecular flexibility index (Phi) is 3.97. The first-order valence-corrected chi connectivity index (χ1v) is 6.35. The van der Waals surface area contributed by atoms with Crippen molar-refractivity contribution in [3.8, 4) is 11.4 Å². The van der Waals surface area contributed by atoms with E-state index in [1.807, 2.05) is 11.6 Å². The molecule has 18 heavy (non-hydrogen) atoms. The Balaban J connectivity index is 2.00. The highest BCUT2D eigenvalue weighted by Gasteiger charge is 2.03. The second-order valence-corrected chi connectivity index (χ2v) is 4.95.